The first-order chi connectivity index (χ1) is 13.6. The van der Waals surface area contributed by atoms with Gasteiger partial charge in [-0.1, -0.05) is 42.5 Å². The van der Waals surface area contributed by atoms with E-state index in [1.807, 2.05) is 57.2 Å². The lowest BCUT2D eigenvalue weighted by molar-refractivity contribution is -0.160. The largest absolute Gasteiger partial charge is 0.479 e. The highest BCUT2D eigenvalue weighted by Crippen LogP contribution is 2.39. The number of nitrogens with zero attached hydrogens (tertiary/aromatic N) is 1. The predicted molar refractivity (Wildman–Crippen MR) is 113 cm³/mol. The molecule has 0 saturated heterocycles. The molecule has 1 heterocycles. The van der Waals surface area contributed by atoms with Gasteiger partial charge in [0.2, 0.25) is 0 Å². The van der Waals surface area contributed by atoms with Gasteiger partial charge in [-0.25, -0.2) is 4.79 Å². The number of para-hydroxylation sites is 1. The van der Waals surface area contributed by atoms with Crippen LogP contribution in [-0.2, 0) is 9.53 Å². The summed E-state index contributed by atoms with van der Waals surface area (Å²) in [5.41, 5.74) is 3.44. The summed E-state index contributed by atoms with van der Waals surface area (Å²) >= 11 is 0. The molecule has 29 heavy (non-hydrogen) atoms. The summed E-state index contributed by atoms with van der Waals surface area (Å²) in [6.07, 6.45) is -1.17. The quantitative estimate of drug-likeness (QED) is 0.593. The standard InChI is InChI=1S/C24H25NO4/c1-14-20(22(23(27)28)29-24(3,4)5)21(18-8-6-7-9-19(18)25-14)17-12-10-16(11-13-17)15(2)26/h6-13,22H,1-5H3,(H,27,28). The van der Waals surface area contributed by atoms with Crippen molar-refractivity contribution in [2.24, 2.45) is 0 Å². The molecular weight excluding hydrogens is 366 g/mol. The molecule has 5 nitrogen and oxygen atoms in total. The van der Waals surface area contributed by atoms with Crippen LogP contribution < -0.4 is 0 Å². The Balaban J connectivity index is 2.34. The molecule has 0 aliphatic carbocycles. The zero-order valence-corrected chi connectivity index (χ0v) is 17.3. The van der Waals surface area contributed by atoms with E-state index in [0.717, 1.165) is 22.0 Å². The second-order valence-electron chi connectivity index (χ2n) is 8.09. The Labute approximate surface area is 170 Å². The van der Waals surface area contributed by atoms with E-state index in [4.69, 9.17) is 4.74 Å². The van der Waals surface area contributed by atoms with Gasteiger partial charge in [0, 0.05) is 22.2 Å². The molecule has 0 fully saturated rings. The van der Waals surface area contributed by atoms with E-state index in [1.54, 1.807) is 19.1 Å². The van der Waals surface area contributed by atoms with Crippen LogP contribution >= 0.6 is 0 Å². The smallest absolute Gasteiger partial charge is 0.337 e. The van der Waals surface area contributed by atoms with Crippen molar-refractivity contribution in [2.45, 2.75) is 46.3 Å². The van der Waals surface area contributed by atoms with Gasteiger partial charge in [0.1, 0.15) is 0 Å². The van der Waals surface area contributed by atoms with Gasteiger partial charge in [-0.3, -0.25) is 9.78 Å². The van der Waals surface area contributed by atoms with Crippen LogP contribution in [0, 0.1) is 6.92 Å². The second kappa shape index (κ2) is 7.76. The Morgan fingerprint density at radius 3 is 2.21 bits per heavy atom. The first-order valence-electron chi connectivity index (χ1n) is 9.49. The van der Waals surface area contributed by atoms with Crippen LogP contribution in [0.5, 0.6) is 0 Å². The number of ether oxygens (including phenoxy) is 1. The van der Waals surface area contributed by atoms with Crippen LogP contribution in [-0.4, -0.2) is 27.4 Å². The maximum atomic E-state index is 12.2. The number of aromatic nitrogens is 1. The molecule has 0 aliphatic rings. The molecule has 1 aromatic heterocycles. The van der Waals surface area contributed by atoms with E-state index in [0.29, 0.717) is 16.8 Å². The van der Waals surface area contributed by atoms with Crippen molar-refractivity contribution in [3.05, 3.63) is 65.4 Å². The molecule has 1 atom stereocenters. The number of Topliss-reactive ketones (excluding diaryl/α,β-unsaturated/α-hetero) is 1. The number of aryl methyl sites for hydroxylation is 1. The predicted octanol–water partition coefficient (Wildman–Crippen LogP) is 5.35. The number of aliphatic carboxylic acids is 1. The monoisotopic (exact) mass is 391 g/mol. The number of hydrogen-bond acceptors (Lipinski definition) is 4. The van der Waals surface area contributed by atoms with E-state index >= 15 is 0 Å². The maximum absolute atomic E-state index is 12.2. The van der Waals surface area contributed by atoms with Gasteiger partial charge >= 0.3 is 5.97 Å². The number of ketones is 1. The highest BCUT2D eigenvalue weighted by molar-refractivity contribution is 5.99. The Morgan fingerprint density at radius 1 is 1.03 bits per heavy atom. The highest BCUT2D eigenvalue weighted by atomic mass is 16.5. The van der Waals surface area contributed by atoms with Crippen LogP contribution in [0.2, 0.25) is 0 Å². The minimum Gasteiger partial charge on any atom is -0.479 e. The molecule has 0 saturated carbocycles. The lowest BCUT2D eigenvalue weighted by Gasteiger charge is -2.28. The Bertz CT molecular complexity index is 1080. The topological polar surface area (TPSA) is 76.5 Å². The van der Waals surface area contributed by atoms with Crippen LogP contribution in [0.15, 0.2) is 48.5 Å². The molecule has 2 aromatic carbocycles. The number of pyridine rings is 1. The second-order valence-corrected chi connectivity index (χ2v) is 8.09. The zero-order valence-electron chi connectivity index (χ0n) is 17.3. The van der Waals surface area contributed by atoms with Gasteiger partial charge in [0.05, 0.1) is 11.1 Å². The third-order valence-electron chi connectivity index (χ3n) is 4.66. The summed E-state index contributed by atoms with van der Waals surface area (Å²) in [4.78, 5) is 28.5. The number of benzene rings is 2. The molecule has 0 radical (unpaired) electrons. The van der Waals surface area contributed by atoms with Crippen molar-refractivity contribution in [3.63, 3.8) is 0 Å². The third kappa shape index (κ3) is 4.35. The highest BCUT2D eigenvalue weighted by Gasteiger charge is 2.32. The number of carboxylic acids is 1. The summed E-state index contributed by atoms with van der Waals surface area (Å²) in [6, 6.07) is 14.8. The van der Waals surface area contributed by atoms with Crippen molar-refractivity contribution in [1.82, 2.24) is 4.98 Å². The molecule has 3 aromatic rings. The molecule has 0 aliphatic heterocycles. The van der Waals surface area contributed by atoms with Crippen molar-refractivity contribution < 1.29 is 19.4 Å². The molecule has 0 spiro atoms. The average Bonchev–Trinajstić information content (AvgIpc) is 2.64. The fourth-order valence-electron chi connectivity index (χ4n) is 3.44. The summed E-state index contributed by atoms with van der Waals surface area (Å²) in [6.45, 7) is 8.80. The number of hydrogen-bond donors (Lipinski definition) is 1. The fourth-order valence-corrected chi connectivity index (χ4v) is 3.44. The lowest BCUT2D eigenvalue weighted by atomic mass is 9.90. The summed E-state index contributed by atoms with van der Waals surface area (Å²) < 4.78 is 5.95. The number of carbonyl (C=O) groups excluding carboxylic acids is 1. The molecule has 1 unspecified atom stereocenters. The van der Waals surface area contributed by atoms with Gasteiger partial charge in [-0.2, -0.15) is 0 Å². The van der Waals surface area contributed by atoms with E-state index in [1.165, 1.54) is 6.92 Å². The zero-order chi connectivity index (χ0) is 21.3. The van der Waals surface area contributed by atoms with Crippen molar-refractivity contribution >= 4 is 22.7 Å². The van der Waals surface area contributed by atoms with Crippen LogP contribution in [0.25, 0.3) is 22.0 Å². The fraction of sp³-hybridized carbons (Fsp3) is 0.292. The van der Waals surface area contributed by atoms with E-state index in [-0.39, 0.29) is 5.78 Å². The Hall–Kier alpha value is -3.05. The number of carbonyl (C=O) groups is 2. The van der Waals surface area contributed by atoms with Crippen molar-refractivity contribution in [1.29, 1.82) is 0 Å². The van der Waals surface area contributed by atoms with Gasteiger partial charge in [-0.05, 0) is 51.8 Å². The molecular formula is C24H25NO4. The number of fused-ring (bicyclic) bond motifs is 1. The van der Waals surface area contributed by atoms with Gasteiger partial charge in [0.15, 0.2) is 11.9 Å². The Kier molecular flexibility index (Phi) is 5.53. The molecule has 0 bridgehead atoms. The Morgan fingerprint density at radius 2 is 1.66 bits per heavy atom. The summed E-state index contributed by atoms with van der Waals surface area (Å²) in [5.74, 6) is -1.09. The van der Waals surface area contributed by atoms with Crippen molar-refractivity contribution in [3.8, 4) is 11.1 Å². The summed E-state index contributed by atoms with van der Waals surface area (Å²) in [5, 5.41) is 10.8. The SMILES string of the molecule is CC(=O)c1ccc(-c2c(C(OC(C)(C)C)C(=O)O)c(C)nc3ccccc23)cc1. The number of carboxylic acid groups (broad SMARTS) is 1. The summed E-state index contributed by atoms with van der Waals surface area (Å²) in [7, 11) is 0. The van der Waals surface area contributed by atoms with Gasteiger partial charge in [0.25, 0.3) is 0 Å². The lowest BCUT2D eigenvalue weighted by Crippen LogP contribution is -2.28. The first-order valence-corrected chi connectivity index (χ1v) is 9.49. The van der Waals surface area contributed by atoms with Crippen molar-refractivity contribution in [2.75, 3.05) is 0 Å². The minimum atomic E-state index is -1.17. The van der Waals surface area contributed by atoms with E-state index in [9.17, 15) is 14.7 Å². The van der Waals surface area contributed by atoms with E-state index in [2.05, 4.69) is 4.98 Å². The normalized spacial score (nSPS) is 12.7. The molecule has 1 N–H and O–H groups in total. The molecule has 3 rings (SSSR count). The third-order valence-corrected chi connectivity index (χ3v) is 4.66. The van der Waals surface area contributed by atoms with Crippen LogP contribution in [0.3, 0.4) is 0 Å². The van der Waals surface area contributed by atoms with Gasteiger partial charge in [-0.15, -0.1) is 0 Å². The molecule has 150 valence electrons. The molecule has 5 heteroatoms. The molecule has 0 amide bonds. The van der Waals surface area contributed by atoms with Crippen LogP contribution in [0.1, 0.15) is 55.4 Å². The average molecular weight is 391 g/mol. The van der Waals surface area contributed by atoms with Crippen LogP contribution in [0.4, 0.5) is 0 Å². The van der Waals surface area contributed by atoms with Gasteiger partial charge < -0.3 is 9.84 Å². The maximum Gasteiger partial charge on any atom is 0.337 e. The number of rotatable bonds is 5. The minimum absolute atomic E-state index is 0.0213. The van der Waals surface area contributed by atoms with E-state index < -0.39 is 17.7 Å². The first kappa shape index (κ1) is 20.7.